The van der Waals surface area contributed by atoms with E-state index < -0.39 is 11.8 Å². The zero-order valence-corrected chi connectivity index (χ0v) is 15.4. The zero-order valence-electron chi connectivity index (χ0n) is 15.4. The molecule has 25 heavy (non-hydrogen) atoms. The lowest BCUT2D eigenvalue weighted by atomic mass is 9.96. The standard InChI is InChI=1S/C19H29N3O3/c1-14(2)22-10-8-15(9-11-22)12-20-18(23)19(24)21-13-16-6-4-5-7-17(16)25-3/h4-7,14-15H,8-13H2,1-3H3,(H,20,23)(H,21,24). The summed E-state index contributed by atoms with van der Waals surface area (Å²) in [7, 11) is 1.58. The fourth-order valence-corrected chi connectivity index (χ4v) is 3.10. The lowest BCUT2D eigenvalue weighted by Gasteiger charge is -2.34. The van der Waals surface area contributed by atoms with Gasteiger partial charge in [0.1, 0.15) is 5.75 Å². The van der Waals surface area contributed by atoms with Crippen LogP contribution in [0.1, 0.15) is 32.3 Å². The Kier molecular flexibility index (Phi) is 7.25. The third kappa shape index (κ3) is 5.74. The Balaban J connectivity index is 1.71. The molecular weight excluding hydrogens is 318 g/mol. The first-order valence-corrected chi connectivity index (χ1v) is 8.93. The molecule has 0 unspecified atom stereocenters. The van der Waals surface area contributed by atoms with E-state index in [0.29, 0.717) is 24.3 Å². The number of amides is 2. The molecule has 0 radical (unpaired) electrons. The largest absolute Gasteiger partial charge is 0.496 e. The molecule has 0 aliphatic carbocycles. The average Bonchev–Trinajstić information content (AvgIpc) is 2.64. The number of ether oxygens (including phenoxy) is 1. The zero-order chi connectivity index (χ0) is 18.2. The normalized spacial score (nSPS) is 15.8. The van der Waals surface area contributed by atoms with E-state index in [2.05, 4.69) is 29.4 Å². The molecular formula is C19H29N3O3. The second-order valence-corrected chi connectivity index (χ2v) is 6.78. The van der Waals surface area contributed by atoms with Crippen LogP contribution in [0, 0.1) is 5.92 Å². The number of likely N-dealkylation sites (tertiary alicyclic amines) is 1. The van der Waals surface area contributed by atoms with Crippen molar-refractivity contribution in [3.63, 3.8) is 0 Å². The van der Waals surface area contributed by atoms with Gasteiger partial charge in [-0.15, -0.1) is 0 Å². The molecule has 1 aliphatic heterocycles. The monoisotopic (exact) mass is 347 g/mol. The minimum absolute atomic E-state index is 0.267. The van der Waals surface area contributed by atoms with Crippen LogP contribution in [-0.4, -0.2) is 49.5 Å². The first-order chi connectivity index (χ1) is 12.0. The molecule has 0 atom stereocenters. The number of hydrogen-bond acceptors (Lipinski definition) is 4. The Morgan fingerprint density at radius 3 is 2.44 bits per heavy atom. The van der Waals surface area contributed by atoms with Crippen molar-refractivity contribution in [3.05, 3.63) is 29.8 Å². The number of methoxy groups -OCH3 is 1. The molecule has 2 rings (SSSR count). The maximum absolute atomic E-state index is 12.0. The topological polar surface area (TPSA) is 70.7 Å². The van der Waals surface area contributed by atoms with Gasteiger partial charge in [0.25, 0.3) is 0 Å². The Bertz CT molecular complexity index is 581. The fourth-order valence-electron chi connectivity index (χ4n) is 3.10. The molecule has 6 heteroatoms. The van der Waals surface area contributed by atoms with Crippen LogP contribution < -0.4 is 15.4 Å². The van der Waals surface area contributed by atoms with Crippen molar-refractivity contribution in [3.8, 4) is 5.75 Å². The highest BCUT2D eigenvalue weighted by molar-refractivity contribution is 6.35. The van der Waals surface area contributed by atoms with Crippen molar-refractivity contribution in [1.82, 2.24) is 15.5 Å². The molecule has 1 aromatic rings. The molecule has 1 saturated heterocycles. The van der Waals surface area contributed by atoms with Crippen LogP contribution in [0.4, 0.5) is 0 Å². The number of benzene rings is 1. The minimum Gasteiger partial charge on any atom is -0.496 e. The summed E-state index contributed by atoms with van der Waals surface area (Å²) < 4.78 is 5.23. The molecule has 2 amide bonds. The summed E-state index contributed by atoms with van der Waals surface area (Å²) in [5.74, 6) is -0.0344. The van der Waals surface area contributed by atoms with Crippen molar-refractivity contribution in [1.29, 1.82) is 0 Å². The summed E-state index contributed by atoms with van der Waals surface area (Å²) in [5.41, 5.74) is 0.840. The number of nitrogens with one attached hydrogen (secondary N) is 2. The first kappa shape index (κ1) is 19.2. The molecule has 0 saturated carbocycles. The Morgan fingerprint density at radius 2 is 1.80 bits per heavy atom. The summed E-state index contributed by atoms with van der Waals surface area (Å²) in [4.78, 5) is 26.4. The predicted molar refractivity (Wildman–Crippen MR) is 97.3 cm³/mol. The predicted octanol–water partition coefficient (Wildman–Crippen LogP) is 1.55. The van der Waals surface area contributed by atoms with Crippen molar-refractivity contribution in [2.24, 2.45) is 5.92 Å². The van der Waals surface area contributed by atoms with E-state index in [0.717, 1.165) is 31.5 Å². The lowest BCUT2D eigenvalue weighted by molar-refractivity contribution is -0.139. The van der Waals surface area contributed by atoms with E-state index >= 15 is 0 Å². The van der Waals surface area contributed by atoms with Crippen molar-refractivity contribution >= 4 is 11.8 Å². The van der Waals surface area contributed by atoms with Crippen molar-refractivity contribution in [2.75, 3.05) is 26.7 Å². The molecule has 0 spiro atoms. The van der Waals surface area contributed by atoms with Gasteiger partial charge < -0.3 is 20.3 Å². The molecule has 0 aromatic heterocycles. The van der Waals surface area contributed by atoms with Gasteiger partial charge in [0.15, 0.2) is 0 Å². The highest BCUT2D eigenvalue weighted by Crippen LogP contribution is 2.18. The number of nitrogens with zero attached hydrogens (tertiary/aromatic N) is 1. The van der Waals surface area contributed by atoms with E-state index in [-0.39, 0.29) is 6.54 Å². The smallest absolute Gasteiger partial charge is 0.309 e. The second kappa shape index (κ2) is 9.42. The van der Waals surface area contributed by atoms with Crippen LogP contribution >= 0.6 is 0 Å². The Morgan fingerprint density at radius 1 is 1.16 bits per heavy atom. The van der Waals surface area contributed by atoms with Crippen LogP contribution in [0.5, 0.6) is 5.75 Å². The summed E-state index contributed by atoms with van der Waals surface area (Å²) in [5, 5.41) is 5.40. The van der Waals surface area contributed by atoms with E-state index in [1.165, 1.54) is 0 Å². The molecule has 6 nitrogen and oxygen atoms in total. The van der Waals surface area contributed by atoms with E-state index in [1.54, 1.807) is 7.11 Å². The molecule has 1 heterocycles. The molecule has 1 fully saturated rings. The number of piperidine rings is 1. The number of para-hydroxylation sites is 1. The average molecular weight is 347 g/mol. The summed E-state index contributed by atoms with van der Waals surface area (Å²) in [6.45, 7) is 7.34. The van der Waals surface area contributed by atoms with E-state index in [1.807, 2.05) is 24.3 Å². The number of carbonyl (C=O) groups is 2. The third-order valence-corrected chi connectivity index (χ3v) is 4.77. The van der Waals surface area contributed by atoms with E-state index in [9.17, 15) is 9.59 Å². The minimum atomic E-state index is -0.606. The van der Waals surface area contributed by atoms with Gasteiger partial charge in [0, 0.05) is 24.7 Å². The van der Waals surface area contributed by atoms with Gasteiger partial charge >= 0.3 is 11.8 Å². The fraction of sp³-hybridized carbons (Fsp3) is 0.579. The third-order valence-electron chi connectivity index (χ3n) is 4.77. The Labute approximate surface area is 149 Å². The van der Waals surface area contributed by atoms with Gasteiger partial charge in [0.05, 0.1) is 7.11 Å². The van der Waals surface area contributed by atoms with Crippen LogP contribution in [0.15, 0.2) is 24.3 Å². The summed E-state index contributed by atoms with van der Waals surface area (Å²) in [6.07, 6.45) is 2.11. The maximum atomic E-state index is 12.0. The molecule has 1 aliphatic rings. The first-order valence-electron chi connectivity index (χ1n) is 8.93. The highest BCUT2D eigenvalue weighted by atomic mass is 16.5. The van der Waals surface area contributed by atoms with Gasteiger partial charge in [-0.25, -0.2) is 0 Å². The highest BCUT2D eigenvalue weighted by Gasteiger charge is 2.22. The Hall–Kier alpha value is -2.08. The number of hydrogen-bond donors (Lipinski definition) is 2. The molecule has 2 N–H and O–H groups in total. The van der Waals surface area contributed by atoms with E-state index in [4.69, 9.17) is 4.74 Å². The second-order valence-electron chi connectivity index (χ2n) is 6.78. The molecule has 0 bridgehead atoms. The van der Waals surface area contributed by atoms with Gasteiger partial charge in [0.2, 0.25) is 0 Å². The van der Waals surface area contributed by atoms with Gasteiger partial charge in [-0.1, -0.05) is 18.2 Å². The molecule has 138 valence electrons. The van der Waals surface area contributed by atoms with Crippen LogP contribution in [0.25, 0.3) is 0 Å². The van der Waals surface area contributed by atoms with Gasteiger partial charge in [-0.2, -0.15) is 0 Å². The maximum Gasteiger partial charge on any atom is 0.309 e. The summed E-state index contributed by atoms with van der Waals surface area (Å²) in [6, 6.07) is 7.98. The van der Waals surface area contributed by atoms with Gasteiger partial charge in [-0.05, 0) is 51.8 Å². The summed E-state index contributed by atoms with van der Waals surface area (Å²) >= 11 is 0. The van der Waals surface area contributed by atoms with Crippen molar-refractivity contribution in [2.45, 2.75) is 39.3 Å². The SMILES string of the molecule is COc1ccccc1CNC(=O)C(=O)NCC1CCN(C(C)C)CC1. The van der Waals surface area contributed by atoms with Crippen LogP contribution in [0.2, 0.25) is 0 Å². The van der Waals surface area contributed by atoms with Crippen molar-refractivity contribution < 1.29 is 14.3 Å². The van der Waals surface area contributed by atoms with Gasteiger partial charge in [-0.3, -0.25) is 9.59 Å². The lowest BCUT2D eigenvalue weighted by Crippen LogP contribution is -2.44. The number of carbonyl (C=O) groups excluding carboxylic acids is 2. The van der Waals surface area contributed by atoms with Crippen LogP contribution in [-0.2, 0) is 16.1 Å². The van der Waals surface area contributed by atoms with Crippen LogP contribution in [0.3, 0.4) is 0 Å². The number of rotatable bonds is 6. The molecule has 1 aromatic carbocycles. The quantitative estimate of drug-likeness (QED) is 0.766.